The van der Waals surface area contributed by atoms with Crippen molar-refractivity contribution < 1.29 is 19.1 Å². The highest BCUT2D eigenvalue weighted by Crippen LogP contribution is 2.62. The maximum absolute atomic E-state index is 12.9. The van der Waals surface area contributed by atoms with E-state index < -0.39 is 5.41 Å². The van der Waals surface area contributed by atoms with E-state index in [0.29, 0.717) is 31.0 Å². The van der Waals surface area contributed by atoms with Crippen molar-refractivity contribution >= 4 is 11.8 Å². The fourth-order valence-corrected chi connectivity index (χ4v) is 4.41. The molecule has 7 nitrogen and oxygen atoms in total. The lowest BCUT2D eigenvalue weighted by atomic mass is 9.48. The first kappa shape index (κ1) is 16.5. The minimum atomic E-state index is -0.605. The third-order valence-corrected chi connectivity index (χ3v) is 5.50. The van der Waals surface area contributed by atoms with Gasteiger partial charge in [0, 0.05) is 19.2 Å². The molecule has 1 aliphatic heterocycles. The normalized spacial score (nSPS) is 27.2. The van der Waals surface area contributed by atoms with E-state index in [2.05, 4.69) is 18.8 Å². The topological polar surface area (TPSA) is 94.8 Å². The number of ether oxygens (including phenoxy) is 2. The molecule has 2 amide bonds. The third kappa shape index (κ3) is 2.22. The zero-order valence-electron chi connectivity index (χ0n) is 14.5. The minimum absolute atomic E-state index is 0.00625. The van der Waals surface area contributed by atoms with Gasteiger partial charge in [0.15, 0.2) is 0 Å². The Hall–Kier alpha value is -2.31. The first-order chi connectivity index (χ1) is 11.2. The Morgan fingerprint density at radius 3 is 2.50 bits per heavy atom. The number of nitrogens with two attached hydrogens (primary N) is 1. The van der Waals surface area contributed by atoms with E-state index in [-0.39, 0.29) is 29.0 Å². The fourth-order valence-electron chi connectivity index (χ4n) is 4.41. The lowest BCUT2D eigenvalue weighted by Gasteiger charge is -2.54. The Kier molecular flexibility index (Phi) is 3.69. The van der Waals surface area contributed by atoms with Crippen LogP contribution in [0.3, 0.4) is 0 Å². The van der Waals surface area contributed by atoms with E-state index in [0.717, 1.165) is 0 Å². The third-order valence-electron chi connectivity index (χ3n) is 5.50. The van der Waals surface area contributed by atoms with E-state index in [1.54, 1.807) is 17.0 Å². The van der Waals surface area contributed by atoms with Crippen molar-refractivity contribution in [2.24, 2.45) is 22.5 Å². The number of carbonyl (C=O) groups is 2. The van der Waals surface area contributed by atoms with Gasteiger partial charge in [-0.15, -0.1) is 0 Å². The molecule has 2 atom stereocenters. The number of hydrogen-bond acceptors (Lipinski definition) is 5. The van der Waals surface area contributed by atoms with Crippen LogP contribution < -0.4 is 15.2 Å². The number of likely N-dealkylation sites (tertiary alicyclic amines) is 1. The summed E-state index contributed by atoms with van der Waals surface area (Å²) < 4.78 is 10.3. The SMILES string of the molecule is COc1ccc(C(=O)N2C[C@@H]3C(C)(C)C[C@]3(C(N)=O)C2)c(OC)n1. The maximum Gasteiger partial charge on any atom is 0.259 e. The summed E-state index contributed by atoms with van der Waals surface area (Å²) in [5.74, 6) is 0.157. The molecule has 0 spiro atoms. The van der Waals surface area contributed by atoms with Crippen LogP contribution in [0.2, 0.25) is 0 Å². The average molecular weight is 333 g/mol. The van der Waals surface area contributed by atoms with Crippen LogP contribution in [-0.4, -0.2) is 49.0 Å². The molecule has 0 radical (unpaired) electrons. The zero-order chi connectivity index (χ0) is 17.7. The monoisotopic (exact) mass is 333 g/mol. The molecule has 2 heterocycles. The van der Waals surface area contributed by atoms with Gasteiger partial charge in [-0.2, -0.15) is 4.98 Å². The van der Waals surface area contributed by atoms with Crippen LogP contribution in [0.1, 0.15) is 30.6 Å². The molecular formula is C17H23N3O4. The van der Waals surface area contributed by atoms with Gasteiger partial charge in [0.1, 0.15) is 5.56 Å². The summed E-state index contributed by atoms with van der Waals surface area (Å²) in [6, 6.07) is 3.25. The number of pyridine rings is 1. The molecule has 1 aromatic rings. The van der Waals surface area contributed by atoms with Crippen LogP contribution in [0.5, 0.6) is 11.8 Å². The van der Waals surface area contributed by atoms with Gasteiger partial charge in [-0.25, -0.2) is 0 Å². The van der Waals surface area contributed by atoms with Crippen molar-refractivity contribution in [3.8, 4) is 11.8 Å². The Labute approximate surface area is 141 Å². The summed E-state index contributed by atoms with van der Waals surface area (Å²) in [4.78, 5) is 30.8. The average Bonchev–Trinajstić information content (AvgIpc) is 2.89. The molecule has 3 rings (SSSR count). The minimum Gasteiger partial charge on any atom is -0.481 e. The molecule has 2 aliphatic rings. The van der Waals surface area contributed by atoms with Gasteiger partial charge in [-0.1, -0.05) is 13.8 Å². The summed E-state index contributed by atoms with van der Waals surface area (Å²) in [7, 11) is 2.96. The van der Waals surface area contributed by atoms with Gasteiger partial charge in [0.2, 0.25) is 17.7 Å². The van der Waals surface area contributed by atoms with Gasteiger partial charge in [0.05, 0.1) is 19.6 Å². The summed E-state index contributed by atoms with van der Waals surface area (Å²) in [6.07, 6.45) is 0.710. The Morgan fingerprint density at radius 2 is 2.00 bits per heavy atom. The predicted molar refractivity (Wildman–Crippen MR) is 86.8 cm³/mol. The summed E-state index contributed by atoms with van der Waals surface area (Å²) in [6.45, 7) is 5.10. The molecule has 1 aromatic heterocycles. The van der Waals surface area contributed by atoms with Crippen LogP contribution >= 0.6 is 0 Å². The van der Waals surface area contributed by atoms with E-state index in [1.165, 1.54) is 14.2 Å². The molecule has 7 heteroatoms. The van der Waals surface area contributed by atoms with Gasteiger partial charge >= 0.3 is 0 Å². The molecule has 0 unspecified atom stereocenters. The molecule has 2 N–H and O–H groups in total. The van der Waals surface area contributed by atoms with Gasteiger partial charge in [0.25, 0.3) is 5.91 Å². The molecule has 1 aliphatic carbocycles. The van der Waals surface area contributed by atoms with Crippen molar-refractivity contribution in [1.82, 2.24) is 9.88 Å². The van der Waals surface area contributed by atoms with E-state index >= 15 is 0 Å². The van der Waals surface area contributed by atoms with Crippen molar-refractivity contribution in [2.75, 3.05) is 27.3 Å². The first-order valence-corrected chi connectivity index (χ1v) is 7.93. The highest BCUT2D eigenvalue weighted by atomic mass is 16.5. The van der Waals surface area contributed by atoms with Gasteiger partial charge < -0.3 is 20.1 Å². The fraction of sp³-hybridized carbons (Fsp3) is 0.588. The number of hydrogen-bond donors (Lipinski definition) is 1. The number of amides is 2. The highest BCUT2D eigenvalue weighted by Gasteiger charge is 2.66. The second-order valence-electron chi connectivity index (χ2n) is 7.33. The Bertz CT molecular complexity index is 703. The second kappa shape index (κ2) is 5.36. The van der Waals surface area contributed by atoms with E-state index in [4.69, 9.17) is 15.2 Å². The zero-order valence-corrected chi connectivity index (χ0v) is 14.5. The Morgan fingerprint density at radius 1 is 1.29 bits per heavy atom. The van der Waals surface area contributed by atoms with Gasteiger partial charge in [-0.3, -0.25) is 9.59 Å². The smallest absolute Gasteiger partial charge is 0.259 e. The molecule has 1 saturated heterocycles. The lowest BCUT2D eigenvalue weighted by molar-refractivity contribution is -0.148. The van der Waals surface area contributed by atoms with E-state index in [9.17, 15) is 9.59 Å². The molecule has 0 bridgehead atoms. The van der Waals surface area contributed by atoms with Gasteiger partial charge in [-0.05, 0) is 23.8 Å². The number of rotatable bonds is 4. The Balaban J connectivity index is 1.89. The molecule has 130 valence electrons. The number of methoxy groups -OCH3 is 2. The van der Waals surface area contributed by atoms with Crippen molar-refractivity contribution in [3.05, 3.63) is 17.7 Å². The number of carbonyl (C=O) groups excluding carboxylic acids is 2. The highest BCUT2D eigenvalue weighted by molar-refractivity contribution is 5.97. The van der Waals surface area contributed by atoms with Crippen molar-refractivity contribution in [1.29, 1.82) is 0 Å². The van der Waals surface area contributed by atoms with Crippen LogP contribution in [0.15, 0.2) is 12.1 Å². The van der Waals surface area contributed by atoms with Crippen LogP contribution in [0.25, 0.3) is 0 Å². The van der Waals surface area contributed by atoms with E-state index in [1.807, 2.05) is 0 Å². The number of fused-ring (bicyclic) bond motifs is 1. The second-order valence-corrected chi connectivity index (χ2v) is 7.33. The number of aromatic nitrogens is 1. The van der Waals surface area contributed by atoms with Crippen LogP contribution in [0, 0.1) is 16.7 Å². The molecule has 2 fully saturated rings. The molecule has 1 saturated carbocycles. The quantitative estimate of drug-likeness (QED) is 0.889. The first-order valence-electron chi connectivity index (χ1n) is 7.93. The molecule has 0 aromatic carbocycles. The number of nitrogens with zero attached hydrogens (tertiary/aromatic N) is 2. The molecule has 24 heavy (non-hydrogen) atoms. The van der Waals surface area contributed by atoms with Crippen molar-refractivity contribution in [2.45, 2.75) is 20.3 Å². The number of primary amides is 1. The van der Waals surface area contributed by atoms with Crippen LogP contribution in [0.4, 0.5) is 0 Å². The summed E-state index contributed by atoms with van der Waals surface area (Å²) in [5.41, 5.74) is 5.42. The van der Waals surface area contributed by atoms with Crippen LogP contribution in [-0.2, 0) is 4.79 Å². The summed E-state index contributed by atoms with van der Waals surface area (Å²) >= 11 is 0. The molecular weight excluding hydrogens is 310 g/mol. The van der Waals surface area contributed by atoms with Crippen molar-refractivity contribution in [3.63, 3.8) is 0 Å². The summed E-state index contributed by atoms with van der Waals surface area (Å²) in [5, 5.41) is 0. The maximum atomic E-state index is 12.9. The largest absolute Gasteiger partial charge is 0.481 e. The predicted octanol–water partition coefficient (Wildman–Crippen LogP) is 1.07. The standard InChI is InChI=1S/C17H23N3O4/c1-16(2)8-17(15(18)22)9-20(7-11(16)17)14(21)10-5-6-12(23-3)19-13(10)24-4/h5-6,11H,7-9H2,1-4H3,(H2,18,22)/t11-,17+/m1/s1. The lowest BCUT2D eigenvalue weighted by Crippen LogP contribution is -2.59.